The van der Waals surface area contributed by atoms with Gasteiger partial charge in [0.15, 0.2) is 0 Å². The zero-order valence-electron chi connectivity index (χ0n) is 14.7. The van der Waals surface area contributed by atoms with E-state index in [9.17, 15) is 23.2 Å². The third kappa shape index (κ3) is 4.17. The van der Waals surface area contributed by atoms with E-state index in [1.54, 1.807) is 18.2 Å². The molecule has 9 heteroatoms. The molecule has 4 amide bonds. The van der Waals surface area contributed by atoms with Gasteiger partial charge in [-0.1, -0.05) is 37.5 Å². The van der Waals surface area contributed by atoms with Crippen molar-refractivity contribution < 1.29 is 27.9 Å². The Hall–Kier alpha value is -2.71. The maximum absolute atomic E-state index is 12.6. The van der Waals surface area contributed by atoms with Crippen molar-refractivity contribution in [2.75, 3.05) is 6.54 Å². The zero-order chi connectivity index (χ0) is 19.4. The summed E-state index contributed by atoms with van der Waals surface area (Å²) < 4.78 is 29.3. The number of para-hydroxylation sites is 1. The number of carbonyl (C=O) groups is 3. The molecule has 0 aromatic heterocycles. The molecule has 1 aromatic rings. The van der Waals surface area contributed by atoms with Crippen LogP contribution in [0.15, 0.2) is 24.3 Å². The lowest BCUT2D eigenvalue weighted by molar-refractivity contribution is -0.135. The Morgan fingerprint density at radius 1 is 1.22 bits per heavy atom. The van der Waals surface area contributed by atoms with E-state index in [0.717, 1.165) is 24.2 Å². The SMILES string of the molecule is O=C(CN1C(=O)NC2(CCCCC2)C1=O)NCc1ccccc1OC(F)F. The van der Waals surface area contributed by atoms with Crippen molar-refractivity contribution in [1.29, 1.82) is 0 Å². The second kappa shape index (κ2) is 7.89. The molecule has 0 bridgehead atoms. The molecular weight excluding hydrogens is 360 g/mol. The Kier molecular flexibility index (Phi) is 5.57. The third-order valence-electron chi connectivity index (χ3n) is 4.92. The van der Waals surface area contributed by atoms with E-state index in [0.29, 0.717) is 18.4 Å². The van der Waals surface area contributed by atoms with Crippen LogP contribution in [0, 0.1) is 0 Å². The maximum atomic E-state index is 12.6. The number of benzene rings is 1. The highest BCUT2D eigenvalue weighted by atomic mass is 19.3. The molecule has 1 saturated carbocycles. The van der Waals surface area contributed by atoms with Gasteiger partial charge in [-0.3, -0.25) is 14.5 Å². The Morgan fingerprint density at radius 2 is 1.93 bits per heavy atom. The molecule has 1 spiro atoms. The fraction of sp³-hybridized carbons (Fsp3) is 0.500. The summed E-state index contributed by atoms with van der Waals surface area (Å²) in [5.41, 5.74) is -0.514. The minimum Gasteiger partial charge on any atom is -0.434 e. The van der Waals surface area contributed by atoms with Crippen molar-refractivity contribution in [2.45, 2.75) is 50.8 Å². The number of rotatable bonds is 6. The van der Waals surface area contributed by atoms with Crippen LogP contribution in [0.4, 0.5) is 13.6 Å². The van der Waals surface area contributed by atoms with Crippen LogP contribution >= 0.6 is 0 Å². The van der Waals surface area contributed by atoms with E-state index >= 15 is 0 Å². The van der Waals surface area contributed by atoms with Crippen molar-refractivity contribution >= 4 is 17.8 Å². The molecule has 3 rings (SSSR count). The fourth-order valence-corrected chi connectivity index (χ4v) is 3.57. The molecule has 0 unspecified atom stereocenters. The number of hydrogen-bond acceptors (Lipinski definition) is 4. The predicted octanol–water partition coefficient (Wildman–Crippen LogP) is 2.16. The smallest absolute Gasteiger partial charge is 0.387 e. The van der Waals surface area contributed by atoms with Crippen LogP contribution in [0.2, 0.25) is 0 Å². The van der Waals surface area contributed by atoms with Gasteiger partial charge in [-0.25, -0.2) is 4.79 Å². The summed E-state index contributed by atoms with van der Waals surface area (Å²) in [6.07, 6.45) is 3.88. The Labute approximate surface area is 155 Å². The van der Waals surface area contributed by atoms with Gasteiger partial charge in [-0.15, -0.1) is 0 Å². The quantitative estimate of drug-likeness (QED) is 0.740. The zero-order valence-corrected chi connectivity index (χ0v) is 14.7. The van der Waals surface area contributed by atoms with E-state index in [2.05, 4.69) is 15.4 Å². The minimum atomic E-state index is -2.97. The molecular formula is C18H21F2N3O4. The highest BCUT2D eigenvalue weighted by molar-refractivity contribution is 6.09. The van der Waals surface area contributed by atoms with Gasteiger partial charge in [0.1, 0.15) is 17.8 Å². The molecule has 2 N–H and O–H groups in total. The lowest BCUT2D eigenvalue weighted by Crippen LogP contribution is -2.49. The lowest BCUT2D eigenvalue weighted by Gasteiger charge is -2.30. The number of ether oxygens (including phenoxy) is 1. The average Bonchev–Trinajstić information content (AvgIpc) is 2.85. The molecule has 146 valence electrons. The molecule has 27 heavy (non-hydrogen) atoms. The van der Waals surface area contributed by atoms with Crippen molar-refractivity contribution in [1.82, 2.24) is 15.5 Å². The van der Waals surface area contributed by atoms with Gasteiger partial charge in [0.05, 0.1) is 0 Å². The number of alkyl halides is 2. The summed E-state index contributed by atoms with van der Waals surface area (Å²) in [6, 6.07) is 5.52. The van der Waals surface area contributed by atoms with Gasteiger partial charge in [0, 0.05) is 12.1 Å². The van der Waals surface area contributed by atoms with Crippen LogP contribution in [-0.4, -0.2) is 41.4 Å². The Bertz CT molecular complexity index is 735. The van der Waals surface area contributed by atoms with E-state index in [1.165, 1.54) is 6.07 Å². The van der Waals surface area contributed by atoms with Gasteiger partial charge in [-0.2, -0.15) is 8.78 Å². The lowest BCUT2D eigenvalue weighted by atomic mass is 9.82. The number of nitrogens with one attached hydrogen (secondary N) is 2. The van der Waals surface area contributed by atoms with Gasteiger partial charge >= 0.3 is 12.6 Å². The van der Waals surface area contributed by atoms with Crippen molar-refractivity contribution in [3.63, 3.8) is 0 Å². The summed E-state index contributed by atoms with van der Waals surface area (Å²) in [4.78, 5) is 37.9. The van der Waals surface area contributed by atoms with Gasteiger partial charge in [0.25, 0.3) is 5.91 Å². The molecule has 0 radical (unpaired) electrons. The molecule has 2 aliphatic rings. The number of urea groups is 1. The number of carbonyl (C=O) groups excluding carboxylic acids is 3. The Balaban J connectivity index is 1.58. The monoisotopic (exact) mass is 381 g/mol. The van der Waals surface area contributed by atoms with Crippen molar-refractivity contribution in [3.05, 3.63) is 29.8 Å². The largest absolute Gasteiger partial charge is 0.434 e. The van der Waals surface area contributed by atoms with Gasteiger partial charge in [-0.05, 0) is 18.9 Å². The number of hydrogen-bond donors (Lipinski definition) is 2. The Morgan fingerprint density at radius 3 is 2.63 bits per heavy atom. The van der Waals surface area contributed by atoms with Crippen LogP contribution in [0.5, 0.6) is 5.75 Å². The average molecular weight is 381 g/mol. The van der Waals surface area contributed by atoms with Gasteiger partial charge in [0.2, 0.25) is 5.91 Å². The number of nitrogens with zero attached hydrogens (tertiary/aromatic N) is 1. The summed E-state index contributed by atoms with van der Waals surface area (Å²) in [5, 5.41) is 5.27. The first-order valence-corrected chi connectivity index (χ1v) is 8.85. The molecule has 7 nitrogen and oxygen atoms in total. The van der Waals surface area contributed by atoms with E-state index in [1.807, 2.05) is 0 Å². The topological polar surface area (TPSA) is 87.7 Å². The van der Waals surface area contributed by atoms with Crippen LogP contribution < -0.4 is 15.4 Å². The van der Waals surface area contributed by atoms with Crippen molar-refractivity contribution in [3.8, 4) is 5.75 Å². The first-order valence-electron chi connectivity index (χ1n) is 8.85. The molecule has 1 heterocycles. The highest BCUT2D eigenvalue weighted by Crippen LogP contribution is 2.33. The van der Waals surface area contributed by atoms with Gasteiger partial charge < -0.3 is 15.4 Å². The highest BCUT2D eigenvalue weighted by Gasteiger charge is 2.51. The molecule has 0 atom stereocenters. The first-order chi connectivity index (χ1) is 12.9. The van der Waals surface area contributed by atoms with Crippen LogP contribution in [0.1, 0.15) is 37.7 Å². The van der Waals surface area contributed by atoms with E-state index < -0.39 is 30.6 Å². The molecule has 1 saturated heterocycles. The third-order valence-corrected chi connectivity index (χ3v) is 4.92. The second-order valence-corrected chi connectivity index (χ2v) is 6.73. The molecule has 2 fully saturated rings. The van der Waals surface area contributed by atoms with Crippen LogP contribution in [-0.2, 0) is 16.1 Å². The first kappa shape index (κ1) is 19.1. The van der Waals surface area contributed by atoms with E-state index in [-0.39, 0.29) is 18.2 Å². The van der Waals surface area contributed by atoms with Crippen molar-refractivity contribution in [2.24, 2.45) is 0 Å². The number of amides is 4. The molecule has 1 aliphatic carbocycles. The summed E-state index contributed by atoms with van der Waals surface area (Å²) >= 11 is 0. The minimum absolute atomic E-state index is 0.0380. The summed E-state index contributed by atoms with van der Waals surface area (Å²) in [6.45, 7) is -3.44. The summed E-state index contributed by atoms with van der Waals surface area (Å²) in [7, 11) is 0. The molecule has 1 aliphatic heterocycles. The van der Waals surface area contributed by atoms with E-state index in [4.69, 9.17) is 0 Å². The van der Waals surface area contributed by atoms with Crippen LogP contribution in [0.3, 0.4) is 0 Å². The number of imide groups is 1. The number of halogens is 2. The predicted molar refractivity (Wildman–Crippen MR) is 91.0 cm³/mol. The molecule has 1 aromatic carbocycles. The standard InChI is InChI=1S/C18H21F2N3O4/c19-16(20)27-13-7-3-2-6-12(13)10-21-14(24)11-23-15(25)18(22-17(23)26)8-4-1-5-9-18/h2-3,6-7,16H,1,4-5,8-11H2,(H,21,24)(H,22,26). The second-order valence-electron chi connectivity index (χ2n) is 6.73. The fourth-order valence-electron chi connectivity index (χ4n) is 3.57. The summed E-state index contributed by atoms with van der Waals surface area (Å²) in [5.74, 6) is -0.967. The normalized spacial score (nSPS) is 18.7. The maximum Gasteiger partial charge on any atom is 0.387 e. The van der Waals surface area contributed by atoms with Crippen LogP contribution in [0.25, 0.3) is 0 Å².